The second-order valence-corrected chi connectivity index (χ2v) is 4.24. The number of hydrogen-bond donors (Lipinski definition) is 0. The summed E-state index contributed by atoms with van der Waals surface area (Å²) in [5.74, 6) is 0. The zero-order valence-electron chi connectivity index (χ0n) is 8.79. The van der Waals surface area contributed by atoms with Crippen molar-refractivity contribution in [3.05, 3.63) is 35.5 Å². The number of anilines is 2. The first-order valence-corrected chi connectivity index (χ1v) is 5.18. The van der Waals surface area contributed by atoms with Crippen LogP contribution in [0.4, 0.5) is 11.4 Å². The van der Waals surface area contributed by atoms with Crippen LogP contribution in [0.3, 0.4) is 0 Å². The zero-order valence-corrected chi connectivity index (χ0v) is 10.4. The lowest BCUT2D eigenvalue weighted by molar-refractivity contribution is 1.10. The van der Waals surface area contributed by atoms with E-state index in [9.17, 15) is 0 Å². The van der Waals surface area contributed by atoms with Crippen LogP contribution in [0.15, 0.2) is 35.5 Å². The van der Waals surface area contributed by atoms with Crippen molar-refractivity contribution in [2.75, 3.05) is 30.9 Å². The van der Waals surface area contributed by atoms with E-state index in [4.69, 9.17) is 0 Å². The van der Waals surface area contributed by atoms with Gasteiger partial charge in [-0.3, -0.25) is 0 Å². The van der Waals surface area contributed by atoms with Gasteiger partial charge >= 0.3 is 0 Å². The molecular weight excluding hydrogens is 240 g/mol. The first-order chi connectivity index (χ1) is 6.56. The molecule has 0 atom stereocenters. The average molecular weight is 255 g/mol. The fourth-order valence-electron chi connectivity index (χ4n) is 1.26. The third-order valence-electron chi connectivity index (χ3n) is 2.07. The quantitative estimate of drug-likeness (QED) is 0.818. The molecule has 0 saturated carbocycles. The maximum atomic E-state index is 3.76. The summed E-state index contributed by atoms with van der Waals surface area (Å²) in [6.45, 7) is 3.76. The normalized spacial score (nSPS) is 9.71. The molecule has 0 fully saturated rings. The lowest BCUT2D eigenvalue weighted by atomic mass is 10.2. The Balaban J connectivity index is 3.22. The predicted octanol–water partition coefficient (Wildman–Crippen LogP) is 3.09. The van der Waals surface area contributed by atoms with Crippen molar-refractivity contribution in [1.82, 2.24) is 0 Å². The van der Waals surface area contributed by atoms with Crippen molar-refractivity contribution in [3.8, 4) is 0 Å². The molecule has 0 saturated heterocycles. The number of benzene rings is 1. The second-order valence-electron chi connectivity index (χ2n) is 3.32. The SMILES string of the molecule is C=CN(C)c1cc(Br)ccc1N(C)C. The molecule has 0 spiro atoms. The highest BCUT2D eigenvalue weighted by Crippen LogP contribution is 2.30. The van der Waals surface area contributed by atoms with E-state index >= 15 is 0 Å². The Hall–Kier alpha value is -0.960. The molecule has 0 N–H and O–H groups in total. The number of nitrogens with zero attached hydrogens (tertiary/aromatic N) is 2. The van der Waals surface area contributed by atoms with Gasteiger partial charge in [0.1, 0.15) is 0 Å². The summed E-state index contributed by atoms with van der Waals surface area (Å²) in [7, 11) is 6.05. The van der Waals surface area contributed by atoms with E-state index in [-0.39, 0.29) is 0 Å². The highest BCUT2D eigenvalue weighted by atomic mass is 79.9. The van der Waals surface area contributed by atoms with Gasteiger partial charge in [0.05, 0.1) is 11.4 Å². The molecule has 14 heavy (non-hydrogen) atoms. The van der Waals surface area contributed by atoms with Crippen molar-refractivity contribution in [2.45, 2.75) is 0 Å². The van der Waals surface area contributed by atoms with Gasteiger partial charge in [-0.2, -0.15) is 0 Å². The molecule has 0 aromatic heterocycles. The standard InChI is InChI=1S/C11H15BrN2/c1-5-14(4)11-8-9(12)6-7-10(11)13(2)3/h5-8H,1H2,2-4H3. The summed E-state index contributed by atoms with van der Waals surface area (Å²) in [5, 5.41) is 0. The third kappa shape index (κ3) is 2.29. The van der Waals surface area contributed by atoms with Crippen LogP contribution < -0.4 is 9.80 Å². The van der Waals surface area contributed by atoms with E-state index in [2.05, 4.69) is 39.5 Å². The predicted molar refractivity (Wildman–Crippen MR) is 67.1 cm³/mol. The molecule has 3 heteroatoms. The maximum absolute atomic E-state index is 3.76. The van der Waals surface area contributed by atoms with E-state index < -0.39 is 0 Å². The highest BCUT2D eigenvalue weighted by molar-refractivity contribution is 9.10. The zero-order chi connectivity index (χ0) is 10.7. The Labute approximate surface area is 94.0 Å². The van der Waals surface area contributed by atoms with Crippen LogP contribution in [0, 0.1) is 0 Å². The van der Waals surface area contributed by atoms with E-state index in [1.54, 1.807) is 6.20 Å². The molecule has 1 aromatic carbocycles. The minimum absolute atomic E-state index is 1.08. The van der Waals surface area contributed by atoms with Gasteiger partial charge in [0.25, 0.3) is 0 Å². The van der Waals surface area contributed by atoms with Crippen LogP contribution in [0.5, 0.6) is 0 Å². The summed E-state index contributed by atoms with van der Waals surface area (Å²) in [6, 6.07) is 6.20. The molecule has 0 aliphatic heterocycles. The van der Waals surface area contributed by atoms with Crippen LogP contribution in [0.2, 0.25) is 0 Å². The summed E-state index contributed by atoms with van der Waals surface area (Å²) >= 11 is 3.46. The Kier molecular flexibility index (Phi) is 3.58. The molecule has 0 amide bonds. The van der Waals surface area contributed by atoms with Gasteiger partial charge in [0.2, 0.25) is 0 Å². The van der Waals surface area contributed by atoms with Gasteiger partial charge in [0, 0.05) is 25.6 Å². The minimum Gasteiger partial charge on any atom is -0.376 e. The van der Waals surface area contributed by atoms with Crippen LogP contribution in [0.1, 0.15) is 0 Å². The molecule has 0 radical (unpaired) electrons. The smallest absolute Gasteiger partial charge is 0.0652 e. The average Bonchev–Trinajstić information content (AvgIpc) is 2.16. The van der Waals surface area contributed by atoms with Gasteiger partial charge in [-0.25, -0.2) is 0 Å². The number of halogens is 1. The third-order valence-corrected chi connectivity index (χ3v) is 2.57. The van der Waals surface area contributed by atoms with Crippen molar-refractivity contribution in [1.29, 1.82) is 0 Å². The van der Waals surface area contributed by atoms with E-state index in [1.807, 2.05) is 32.1 Å². The summed E-state index contributed by atoms with van der Waals surface area (Å²) in [6.07, 6.45) is 1.80. The van der Waals surface area contributed by atoms with Crippen LogP contribution in [-0.2, 0) is 0 Å². The Morgan fingerprint density at radius 1 is 1.21 bits per heavy atom. The van der Waals surface area contributed by atoms with Crippen LogP contribution >= 0.6 is 15.9 Å². The Morgan fingerprint density at radius 3 is 2.36 bits per heavy atom. The Bertz CT molecular complexity index is 334. The molecule has 0 aliphatic rings. The van der Waals surface area contributed by atoms with Crippen molar-refractivity contribution in [2.24, 2.45) is 0 Å². The van der Waals surface area contributed by atoms with Crippen molar-refractivity contribution >= 4 is 27.3 Å². The van der Waals surface area contributed by atoms with E-state index in [0.29, 0.717) is 0 Å². The lowest BCUT2D eigenvalue weighted by Gasteiger charge is -2.23. The van der Waals surface area contributed by atoms with Gasteiger partial charge < -0.3 is 9.80 Å². The van der Waals surface area contributed by atoms with Gasteiger partial charge in [0.15, 0.2) is 0 Å². The topological polar surface area (TPSA) is 6.48 Å². The van der Waals surface area contributed by atoms with E-state index in [1.165, 1.54) is 5.69 Å². The van der Waals surface area contributed by atoms with E-state index in [0.717, 1.165) is 10.2 Å². The number of hydrogen-bond acceptors (Lipinski definition) is 2. The van der Waals surface area contributed by atoms with Crippen molar-refractivity contribution < 1.29 is 0 Å². The second kappa shape index (κ2) is 4.51. The molecule has 1 aromatic rings. The fraction of sp³-hybridized carbons (Fsp3) is 0.273. The molecule has 2 nitrogen and oxygen atoms in total. The summed E-state index contributed by atoms with van der Waals surface area (Å²) in [5.41, 5.74) is 2.31. The van der Waals surface area contributed by atoms with Gasteiger partial charge in [-0.15, -0.1) is 0 Å². The van der Waals surface area contributed by atoms with Gasteiger partial charge in [-0.1, -0.05) is 22.5 Å². The molecule has 1 rings (SSSR count). The molecular formula is C11H15BrN2. The minimum atomic E-state index is 1.08. The summed E-state index contributed by atoms with van der Waals surface area (Å²) < 4.78 is 1.08. The molecule has 0 unspecified atom stereocenters. The first kappa shape index (κ1) is 11.1. The fourth-order valence-corrected chi connectivity index (χ4v) is 1.60. The molecule has 0 aliphatic carbocycles. The maximum Gasteiger partial charge on any atom is 0.0652 e. The number of rotatable bonds is 3. The molecule has 0 bridgehead atoms. The molecule has 0 heterocycles. The highest BCUT2D eigenvalue weighted by Gasteiger charge is 2.07. The Morgan fingerprint density at radius 2 is 1.86 bits per heavy atom. The monoisotopic (exact) mass is 254 g/mol. The van der Waals surface area contributed by atoms with Gasteiger partial charge in [-0.05, 0) is 24.4 Å². The summed E-state index contributed by atoms with van der Waals surface area (Å²) in [4.78, 5) is 4.09. The van der Waals surface area contributed by atoms with Crippen LogP contribution in [0.25, 0.3) is 0 Å². The molecule has 76 valence electrons. The van der Waals surface area contributed by atoms with Crippen LogP contribution in [-0.4, -0.2) is 21.1 Å². The van der Waals surface area contributed by atoms with Crippen molar-refractivity contribution in [3.63, 3.8) is 0 Å². The first-order valence-electron chi connectivity index (χ1n) is 4.38. The largest absolute Gasteiger partial charge is 0.376 e. The lowest BCUT2D eigenvalue weighted by Crippen LogP contribution is -2.15.